The average Bonchev–Trinajstić information content (AvgIpc) is 2.25. The van der Waals surface area contributed by atoms with Crippen LogP contribution in [0.3, 0.4) is 0 Å². The Morgan fingerprint density at radius 1 is 1.31 bits per heavy atom. The Kier molecular flexibility index (Phi) is 3.54. The van der Waals surface area contributed by atoms with Crippen molar-refractivity contribution in [2.24, 2.45) is 0 Å². The van der Waals surface area contributed by atoms with Gasteiger partial charge in [0.25, 0.3) is 5.69 Å². The van der Waals surface area contributed by atoms with E-state index in [9.17, 15) is 24.8 Å². The monoisotopic (exact) mass is 224 g/mol. The molecular weight excluding hydrogens is 218 g/mol. The fraction of sp³-hybridized carbons (Fsp3) is 0.111. The first kappa shape index (κ1) is 11.6. The van der Waals surface area contributed by atoms with Crippen LogP contribution in [0.2, 0.25) is 0 Å². The highest BCUT2D eigenvalue weighted by atomic mass is 16.6. The number of carboxylic acids is 1. The zero-order valence-electron chi connectivity index (χ0n) is 7.91. The fourth-order valence-corrected chi connectivity index (χ4v) is 1.01. The number of ether oxygens (including phenoxy) is 1. The van der Waals surface area contributed by atoms with Crippen LogP contribution in [0.4, 0.5) is 5.69 Å². The number of nitrogens with zero attached hydrogens (tertiary/aromatic N) is 1. The zero-order valence-corrected chi connectivity index (χ0v) is 7.91. The number of hydrogen-bond acceptors (Lipinski definition) is 6. The summed E-state index contributed by atoms with van der Waals surface area (Å²) in [5.41, 5.74) is -0.129. The molecule has 16 heavy (non-hydrogen) atoms. The van der Waals surface area contributed by atoms with Gasteiger partial charge in [0.1, 0.15) is 6.61 Å². The van der Waals surface area contributed by atoms with Crippen molar-refractivity contribution in [3.63, 3.8) is 0 Å². The van der Waals surface area contributed by atoms with Crippen LogP contribution in [0.1, 0.15) is 5.56 Å². The van der Waals surface area contributed by atoms with Crippen molar-refractivity contribution in [1.29, 1.82) is 0 Å². The molecule has 0 radical (unpaired) electrons. The molecule has 0 amide bonds. The van der Waals surface area contributed by atoms with E-state index in [0.717, 1.165) is 0 Å². The molecule has 0 saturated carbocycles. The van der Waals surface area contributed by atoms with Crippen LogP contribution in [0.25, 0.3) is 0 Å². The van der Waals surface area contributed by atoms with Crippen molar-refractivity contribution < 1.29 is 24.4 Å². The highest BCUT2D eigenvalue weighted by molar-refractivity contribution is 6.27. The molecule has 0 saturated heterocycles. The molecule has 0 spiro atoms. The van der Waals surface area contributed by atoms with Crippen LogP contribution in [0.5, 0.6) is 0 Å². The van der Waals surface area contributed by atoms with Gasteiger partial charge in [-0.3, -0.25) is 10.1 Å². The standard InChI is InChI=1S/C9H7NO6/c11-8(12)9(13)16-5-6-3-1-2-4-7(6)10(14)15/h1-4H,5H2,(H,11,12)/p-1. The molecule has 0 heterocycles. The number of hydrogen-bond donors (Lipinski definition) is 0. The number of aliphatic carboxylic acids is 1. The van der Waals surface area contributed by atoms with E-state index in [1.165, 1.54) is 24.3 Å². The van der Waals surface area contributed by atoms with Crippen molar-refractivity contribution in [2.75, 3.05) is 0 Å². The lowest BCUT2D eigenvalue weighted by molar-refractivity contribution is -0.385. The minimum absolute atomic E-state index is 0.113. The number of para-hydroxylation sites is 1. The van der Waals surface area contributed by atoms with Gasteiger partial charge in [0, 0.05) is 6.07 Å². The van der Waals surface area contributed by atoms with Gasteiger partial charge in [-0.25, -0.2) is 4.79 Å². The van der Waals surface area contributed by atoms with Crippen LogP contribution in [-0.4, -0.2) is 16.9 Å². The molecule has 1 aromatic rings. The maximum atomic E-state index is 10.5. The molecule has 0 aliphatic carbocycles. The van der Waals surface area contributed by atoms with Crippen molar-refractivity contribution >= 4 is 17.6 Å². The van der Waals surface area contributed by atoms with E-state index < -0.39 is 23.5 Å². The van der Waals surface area contributed by atoms with Crippen molar-refractivity contribution in [3.05, 3.63) is 39.9 Å². The Balaban J connectivity index is 2.78. The Labute approximate surface area is 89.4 Å². The summed E-state index contributed by atoms with van der Waals surface area (Å²) in [6.07, 6.45) is 0. The van der Waals surface area contributed by atoms with Crippen LogP contribution < -0.4 is 5.11 Å². The van der Waals surface area contributed by atoms with Gasteiger partial charge in [-0.2, -0.15) is 0 Å². The van der Waals surface area contributed by atoms with Crippen molar-refractivity contribution in [1.82, 2.24) is 0 Å². The maximum Gasteiger partial charge on any atom is 0.354 e. The summed E-state index contributed by atoms with van der Waals surface area (Å²) < 4.78 is 4.27. The second kappa shape index (κ2) is 4.87. The van der Waals surface area contributed by atoms with E-state index in [0.29, 0.717) is 0 Å². The lowest BCUT2D eigenvalue weighted by Gasteiger charge is -2.05. The number of esters is 1. The molecule has 84 valence electrons. The van der Waals surface area contributed by atoms with E-state index in [4.69, 9.17) is 0 Å². The van der Waals surface area contributed by atoms with Gasteiger partial charge in [-0.1, -0.05) is 12.1 Å². The highest BCUT2D eigenvalue weighted by Gasteiger charge is 2.14. The van der Waals surface area contributed by atoms with Gasteiger partial charge >= 0.3 is 5.97 Å². The van der Waals surface area contributed by atoms with Gasteiger partial charge < -0.3 is 14.6 Å². The summed E-state index contributed by atoms with van der Waals surface area (Å²) in [5, 5.41) is 20.6. The molecule has 1 rings (SSSR count). The fourth-order valence-electron chi connectivity index (χ4n) is 1.01. The minimum atomic E-state index is -1.99. The summed E-state index contributed by atoms with van der Waals surface area (Å²) in [5.74, 6) is -3.54. The molecule has 0 bridgehead atoms. The lowest BCUT2D eigenvalue weighted by atomic mass is 10.2. The van der Waals surface area contributed by atoms with Crippen LogP contribution in [0.15, 0.2) is 24.3 Å². The lowest BCUT2D eigenvalue weighted by Crippen LogP contribution is -2.33. The van der Waals surface area contributed by atoms with Gasteiger partial charge in [-0.15, -0.1) is 0 Å². The molecule has 0 N–H and O–H groups in total. The van der Waals surface area contributed by atoms with E-state index in [2.05, 4.69) is 4.74 Å². The topological polar surface area (TPSA) is 110 Å². The maximum absolute atomic E-state index is 10.5. The average molecular weight is 224 g/mol. The predicted molar refractivity (Wildman–Crippen MR) is 47.9 cm³/mol. The minimum Gasteiger partial charge on any atom is -0.539 e. The normalized spacial score (nSPS) is 9.50. The van der Waals surface area contributed by atoms with Gasteiger partial charge in [0.15, 0.2) is 5.97 Å². The molecule has 1 aromatic carbocycles. The molecule has 0 atom stereocenters. The Hall–Kier alpha value is -2.44. The number of rotatable bonds is 3. The van der Waals surface area contributed by atoms with E-state index in [1.807, 2.05) is 0 Å². The third-order valence-corrected chi connectivity index (χ3v) is 1.71. The summed E-state index contributed by atoms with van der Waals surface area (Å²) in [4.78, 5) is 30.4. The summed E-state index contributed by atoms with van der Waals surface area (Å²) >= 11 is 0. The largest absolute Gasteiger partial charge is 0.539 e. The zero-order chi connectivity index (χ0) is 12.1. The molecule has 0 unspecified atom stereocenters. The number of benzene rings is 1. The van der Waals surface area contributed by atoms with Crippen LogP contribution in [-0.2, 0) is 20.9 Å². The second-order valence-corrected chi connectivity index (χ2v) is 2.75. The highest BCUT2D eigenvalue weighted by Crippen LogP contribution is 2.18. The van der Waals surface area contributed by atoms with E-state index in [-0.39, 0.29) is 11.3 Å². The summed E-state index contributed by atoms with van der Waals surface area (Å²) in [6, 6.07) is 5.54. The van der Waals surface area contributed by atoms with Crippen molar-refractivity contribution in [3.8, 4) is 0 Å². The number of nitro groups is 1. The first-order valence-electron chi connectivity index (χ1n) is 4.12. The third-order valence-electron chi connectivity index (χ3n) is 1.71. The quantitative estimate of drug-likeness (QED) is 0.293. The van der Waals surface area contributed by atoms with Crippen molar-refractivity contribution in [2.45, 2.75) is 6.61 Å². The van der Waals surface area contributed by atoms with Gasteiger partial charge in [0.2, 0.25) is 0 Å². The number of carbonyl (C=O) groups excluding carboxylic acids is 2. The van der Waals surface area contributed by atoms with Gasteiger partial charge in [-0.05, 0) is 6.07 Å². The molecule has 7 heteroatoms. The Morgan fingerprint density at radius 3 is 2.50 bits per heavy atom. The molecule has 0 aliphatic heterocycles. The molecule has 7 nitrogen and oxygen atoms in total. The van der Waals surface area contributed by atoms with Crippen LogP contribution in [0, 0.1) is 10.1 Å². The molecular formula is C9H6NO6-. The molecule has 0 aliphatic rings. The first-order chi connectivity index (χ1) is 7.52. The third kappa shape index (κ3) is 2.77. The van der Waals surface area contributed by atoms with E-state index >= 15 is 0 Å². The SMILES string of the molecule is O=C([O-])C(=O)OCc1ccccc1[N+](=O)[O-]. The first-order valence-corrected chi connectivity index (χ1v) is 4.12. The Morgan fingerprint density at radius 2 is 1.94 bits per heavy atom. The van der Waals surface area contributed by atoms with Gasteiger partial charge in [0.05, 0.1) is 10.5 Å². The number of nitro benzene ring substituents is 1. The molecule has 0 fully saturated rings. The summed E-state index contributed by atoms with van der Waals surface area (Å²) in [7, 11) is 0. The van der Waals surface area contributed by atoms with Crippen LogP contribution >= 0.6 is 0 Å². The Bertz CT molecular complexity index is 441. The molecule has 0 aromatic heterocycles. The number of carbonyl (C=O) groups is 2. The predicted octanol–water partition coefficient (Wildman–Crippen LogP) is -0.612. The summed E-state index contributed by atoms with van der Waals surface area (Å²) in [6.45, 7) is -0.482. The second-order valence-electron chi connectivity index (χ2n) is 2.75. The number of carboxylic acid groups (broad SMARTS) is 1. The van der Waals surface area contributed by atoms with E-state index in [1.54, 1.807) is 0 Å². The smallest absolute Gasteiger partial charge is 0.354 e.